The molecular weight excluding hydrogens is 543 g/mol. The van der Waals surface area contributed by atoms with E-state index >= 15 is 4.39 Å². The van der Waals surface area contributed by atoms with Crippen LogP contribution in [0.4, 0.5) is 10.2 Å². The summed E-state index contributed by atoms with van der Waals surface area (Å²) in [6.07, 6.45) is 6.24. The molecule has 3 aromatic heterocycles. The van der Waals surface area contributed by atoms with Gasteiger partial charge in [-0.1, -0.05) is 48.0 Å². The molecule has 5 aromatic rings. The van der Waals surface area contributed by atoms with E-state index in [0.29, 0.717) is 52.8 Å². The van der Waals surface area contributed by atoms with Crippen LogP contribution in [0.3, 0.4) is 0 Å². The van der Waals surface area contributed by atoms with Crippen molar-refractivity contribution in [3.63, 3.8) is 0 Å². The van der Waals surface area contributed by atoms with Crippen LogP contribution in [0.2, 0.25) is 5.02 Å². The molecule has 2 aromatic carbocycles. The number of nitrogens with zero attached hydrogens (tertiary/aromatic N) is 5. The zero-order valence-electron chi connectivity index (χ0n) is 22.5. The average Bonchev–Trinajstić information content (AvgIpc) is 3.34. The highest BCUT2D eigenvalue weighted by Crippen LogP contribution is 2.38. The minimum Gasteiger partial charge on any atom is -0.481 e. The zero-order chi connectivity index (χ0) is 27.9. The number of fused-ring (bicyclic) bond motifs is 4. The molecule has 0 amide bonds. The summed E-state index contributed by atoms with van der Waals surface area (Å²) in [5, 5.41) is 6.40. The van der Waals surface area contributed by atoms with Gasteiger partial charge in [-0.3, -0.25) is 4.98 Å². The number of rotatable bonds is 7. The second-order valence-corrected chi connectivity index (χ2v) is 10.9. The first-order valence-electron chi connectivity index (χ1n) is 13.7. The van der Waals surface area contributed by atoms with Crippen LogP contribution in [0.15, 0.2) is 60.9 Å². The van der Waals surface area contributed by atoms with Crippen molar-refractivity contribution in [3.05, 3.63) is 77.3 Å². The first-order chi connectivity index (χ1) is 20.1. The monoisotopic (exact) mass is 570 g/mol. The van der Waals surface area contributed by atoms with Crippen molar-refractivity contribution < 1.29 is 13.9 Å². The molecule has 0 spiro atoms. The molecule has 41 heavy (non-hydrogen) atoms. The fourth-order valence-corrected chi connectivity index (χ4v) is 6.20. The zero-order valence-corrected chi connectivity index (χ0v) is 23.2. The van der Waals surface area contributed by atoms with Gasteiger partial charge >= 0.3 is 6.01 Å². The molecule has 8 nitrogen and oxygen atoms in total. The van der Waals surface area contributed by atoms with Crippen LogP contribution in [0.1, 0.15) is 18.4 Å². The summed E-state index contributed by atoms with van der Waals surface area (Å²) in [5.41, 5.74) is 1.96. The number of hydrogen-bond donors (Lipinski definition) is 1. The highest BCUT2D eigenvalue weighted by molar-refractivity contribution is 6.36. The SMILES string of the molecule is COc1ccc(CCOc2nc(N3CC4CCC(C3)N4)c3cnc(-c4cccc5cccc(Cl)c45)c(F)c3n2)cn1. The van der Waals surface area contributed by atoms with Gasteiger partial charge in [0.05, 0.1) is 19.1 Å². The van der Waals surface area contributed by atoms with E-state index in [1.165, 1.54) is 0 Å². The van der Waals surface area contributed by atoms with Gasteiger partial charge in [0.25, 0.3) is 0 Å². The Kier molecular flexibility index (Phi) is 6.76. The third-order valence-electron chi connectivity index (χ3n) is 7.90. The lowest BCUT2D eigenvalue weighted by Crippen LogP contribution is -2.51. The maximum absolute atomic E-state index is 16.5. The molecule has 5 heterocycles. The second kappa shape index (κ2) is 10.7. The minimum atomic E-state index is -0.527. The number of hydrogen-bond acceptors (Lipinski definition) is 8. The molecule has 2 aliphatic rings. The highest BCUT2D eigenvalue weighted by atomic mass is 35.5. The molecule has 0 radical (unpaired) electrons. The van der Waals surface area contributed by atoms with Crippen LogP contribution in [0.25, 0.3) is 32.9 Å². The van der Waals surface area contributed by atoms with Gasteiger partial charge in [0, 0.05) is 66.0 Å². The molecule has 10 heteroatoms. The van der Waals surface area contributed by atoms with Crippen molar-refractivity contribution in [3.8, 4) is 23.1 Å². The van der Waals surface area contributed by atoms with Gasteiger partial charge in [-0.2, -0.15) is 9.97 Å². The van der Waals surface area contributed by atoms with Crippen LogP contribution in [-0.4, -0.2) is 58.8 Å². The Balaban J connectivity index is 1.29. The van der Waals surface area contributed by atoms with Crippen LogP contribution in [-0.2, 0) is 6.42 Å². The van der Waals surface area contributed by atoms with E-state index in [9.17, 15) is 0 Å². The lowest BCUT2D eigenvalue weighted by molar-refractivity contribution is 0.297. The quantitative estimate of drug-likeness (QED) is 0.270. The smallest absolute Gasteiger partial charge is 0.319 e. The number of piperazine rings is 1. The van der Waals surface area contributed by atoms with Crippen molar-refractivity contribution in [2.24, 2.45) is 0 Å². The average molecular weight is 571 g/mol. The molecule has 7 rings (SSSR count). The Morgan fingerprint density at radius 1 is 1.00 bits per heavy atom. The lowest BCUT2D eigenvalue weighted by atomic mass is 10.0. The van der Waals surface area contributed by atoms with Gasteiger partial charge in [-0.15, -0.1) is 0 Å². The Bertz CT molecular complexity index is 1730. The van der Waals surface area contributed by atoms with Gasteiger partial charge in [0.1, 0.15) is 17.0 Å². The fraction of sp³-hybridized carbons (Fsp3) is 0.290. The topological polar surface area (TPSA) is 85.3 Å². The Morgan fingerprint density at radius 2 is 1.80 bits per heavy atom. The lowest BCUT2D eigenvalue weighted by Gasteiger charge is -2.34. The van der Waals surface area contributed by atoms with E-state index in [4.69, 9.17) is 26.1 Å². The van der Waals surface area contributed by atoms with Crippen molar-refractivity contribution in [2.75, 3.05) is 31.7 Å². The van der Waals surface area contributed by atoms with E-state index in [1.54, 1.807) is 25.6 Å². The number of benzene rings is 2. The maximum Gasteiger partial charge on any atom is 0.319 e. The van der Waals surface area contributed by atoms with E-state index in [1.807, 2.05) is 42.5 Å². The highest BCUT2D eigenvalue weighted by Gasteiger charge is 2.34. The number of nitrogens with one attached hydrogen (secondary N) is 1. The third kappa shape index (κ3) is 4.89. The molecule has 2 fully saturated rings. The van der Waals surface area contributed by atoms with Crippen molar-refractivity contribution in [2.45, 2.75) is 31.3 Å². The molecule has 208 valence electrons. The maximum atomic E-state index is 16.5. The standard InChI is InChI=1S/C31H28ClFN6O2/c1-40-25-11-8-18(14-34-25)12-13-41-31-37-29-23(30(38-31)39-16-20-9-10-21(17-39)36-20)15-35-28(27(29)33)22-6-2-4-19-5-3-7-24(32)26(19)22/h2-8,11,14-15,20-21,36H,9-10,12-13,16-17H2,1H3. The fourth-order valence-electron chi connectivity index (χ4n) is 5.92. The largest absolute Gasteiger partial charge is 0.481 e. The van der Waals surface area contributed by atoms with E-state index in [0.717, 1.165) is 42.3 Å². The molecule has 2 saturated heterocycles. The Labute approximate surface area is 241 Å². The molecule has 2 bridgehead atoms. The predicted octanol–water partition coefficient (Wildman–Crippen LogP) is 5.60. The van der Waals surface area contributed by atoms with Crippen LogP contribution >= 0.6 is 11.6 Å². The molecular formula is C31H28ClFN6O2. The van der Waals surface area contributed by atoms with Gasteiger partial charge in [-0.25, -0.2) is 9.37 Å². The van der Waals surface area contributed by atoms with E-state index in [-0.39, 0.29) is 17.2 Å². The Morgan fingerprint density at radius 3 is 2.56 bits per heavy atom. The number of aromatic nitrogens is 4. The van der Waals surface area contributed by atoms with Crippen LogP contribution < -0.4 is 19.7 Å². The summed E-state index contributed by atoms with van der Waals surface area (Å²) in [5.74, 6) is 0.666. The summed E-state index contributed by atoms with van der Waals surface area (Å²) in [7, 11) is 1.58. The first-order valence-corrected chi connectivity index (χ1v) is 14.1. The molecule has 0 aliphatic carbocycles. The molecule has 1 N–H and O–H groups in total. The van der Waals surface area contributed by atoms with Crippen molar-refractivity contribution in [1.29, 1.82) is 0 Å². The van der Waals surface area contributed by atoms with Gasteiger partial charge < -0.3 is 19.7 Å². The summed E-state index contributed by atoms with van der Waals surface area (Å²) >= 11 is 6.57. The summed E-state index contributed by atoms with van der Waals surface area (Å²) < 4.78 is 27.6. The summed E-state index contributed by atoms with van der Waals surface area (Å²) in [6.45, 7) is 1.87. The number of methoxy groups -OCH3 is 1. The molecule has 2 aliphatic heterocycles. The number of ether oxygens (including phenoxy) is 2. The third-order valence-corrected chi connectivity index (χ3v) is 8.21. The van der Waals surface area contributed by atoms with Gasteiger partial charge in [0.15, 0.2) is 5.82 Å². The van der Waals surface area contributed by atoms with Gasteiger partial charge in [-0.05, 0) is 29.9 Å². The molecule has 0 saturated carbocycles. The van der Waals surface area contributed by atoms with Crippen molar-refractivity contribution in [1.82, 2.24) is 25.3 Å². The second-order valence-electron chi connectivity index (χ2n) is 10.5. The number of pyridine rings is 2. The van der Waals surface area contributed by atoms with Gasteiger partial charge in [0.2, 0.25) is 5.88 Å². The minimum absolute atomic E-state index is 0.131. The number of halogens is 2. The van der Waals surface area contributed by atoms with Crippen LogP contribution in [0, 0.1) is 5.82 Å². The normalized spacial score (nSPS) is 18.3. The predicted molar refractivity (Wildman–Crippen MR) is 157 cm³/mol. The Hall–Kier alpha value is -4.08. The van der Waals surface area contributed by atoms with Crippen LogP contribution in [0.5, 0.6) is 11.9 Å². The van der Waals surface area contributed by atoms with E-state index < -0.39 is 5.82 Å². The first kappa shape index (κ1) is 25.9. The summed E-state index contributed by atoms with van der Waals surface area (Å²) in [4.78, 5) is 20.4. The summed E-state index contributed by atoms with van der Waals surface area (Å²) in [6, 6.07) is 15.9. The van der Waals surface area contributed by atoms with E-state index in [2.05, 4.69) is 25.2 Å². The molecule has 2 atom stereocenters. The number of anilines is 1. The van der Waals surface area contributed by atoms with Crippen molar-refractivity contribution >= 4 is 39.1 Å². The molecule has 2 unspecified atom stereocenters.